The van der Waals surface area contributed by atoms with E-state index in [1.807, 2.05) is 13.8 Å². The summed E-state index contributed by atoms with van der Waals surface area (Å²) in [4.78, 5) is 0. The zero-order chi connectivity index (χ0) is 12.3. The summed E-state index contributed by atoms with van der Waals surface area (Å²) in [5.41, 5.74) is 0. The van der Waals surface area contributed by atoms with Gasteiger partial charge in [-0.1, -0.05) is 54.4 Å². The highest BCUT2D eigenvalue weighted by Gasteiger charge is 2.21. The largest absolute Gasteiger partial charge is 0.317 e. The van der Waals surface area contributed by atoms with E-state index in [1.165, 1.54) is 25.7 Å². The summed E-state index contributed by atoms with van der Waals surface area (Å²) in [7, 11) is 2.10. The lowest BCUT2D eigenvalue weighted by Crippen LogP contribution is -2.36. The second-order valence-corrected chi connectivity index (χ2v) is 4.38. The van der Waals surface area contributed by atoms with Crippen LogP contribution in [0.15, 0.2) is 0 Å². The molecule has 0 heterocycles. The highest BCUT2D eigenvalue weighted by Crippen LogP contribution is 2.23. The zero-order valence-corrected chi connectivity index (χ0v) is 12.1. The molecule has 0 fully saturated rings. The summed E-state index contributed by atoms with van der Waals surface area (Å²) in [6, 6.07) is 0.727. The van der Waals surface area contributed by atoms with Crippen LogP contribution in [0.25, 0.3) is 0 Å². The lowest BCUT2D eigenvalue weighted by atomic mass is 9.83. The lowest BCUT2D eigenvalue weighted by Gasteiger charge is -2.29. The van der Waals surface area contributed by atoms with E-state index in [1.54, 1.807) is 0 Å². The summed E-state index contributed by atoms with van der Waals surface area (Å²) in [5, 5.41) is 3.47. The predicted molar refractivity (Wildman–Crippen MR) is 72.3 cm³/mol. The van der Waals surface area contributed by atoms with Crippen LogP contribution in [0.3, 0.4) is 0 Å². The maximum absolute atomic E-state index is 3.47. The first kappa shape index (κ1) is 17.4. The first-order valence-corrected chi connectivity index (χ1v) is 6.84. The molecule has 0 aliphatic heterocycles. The van der Waals surface area contributed by atoms with Gasteiger partial charge in [0.25, 0.3) is 0 Å². The van der Waals surface area contributed by atoms with Crippen LogP contribution in [0.1, 0.15) is 67.2 Å². The molecule has 2 atom stereocenters. The Hall–Kier alpha value is -0.0400. The topological polar surface area (TPSA) is 12.0 Å². The highest BCUT2D eigenvalue weighted by atomic mass is 14.9. The summed E-state index contributed by atoms with van der Waals surface area (Å²) in [6.07, 6.45) is 5.28. The van der Waals surface area contributed by atoms with Crippen molar-refractivity contribution in [2.45, 2.75) is 73.3 Å². The molecule has 0 radical (unpaired) electrons. The smallest absolute Gasteiger partial charge is 0.00946 e. The Morgan fingerprint density at radius 2 is 1.40 bits per heavy atom. The Kier molecular flexibility index (Phi) is 13.9. The van der Waals surface area contributed by atoms with Crippen LogP contribution < -0.4 is 5.32 Å². The molecule has 1 nitrogen and oxygen atoms in total. The molecule has 0 amide bonds. The number of rotatable bonds is 7. The SMILES string of the molecule is CC.CCCC(NC)C(CCC)C(C)C. The molecule has 0 aliphatic carbocycles. The minimum atomic E-state index is 0.727. The van der Waals surface area contributed by atoms with Gasteiger partial charge < -0.3 is 5.32 Å². The monoisotopic (exact) mass is 215 g/mol. The van der Waals surface area contributed by atoms with Gasteiger partial charge in [0.05, 0.1) is 0 Å². The van der Waals surface area contributed by atoms with Crippen LogP contribution in [0.5, 0.6) is 0 Å². The summed E-state index contributed by atoms with van der Waals surface area (Å²) >= 11 is 0. The average molecular weight is 215 g/mol. The Labute approximate surface area is 98.0 Å². The standard InChI is InChI=1S/C12H27N.C2H6/c1-6-8-11(10(3)4)12(13-5)9-7-2;1-2/h10-13H,6-9H2,1-5H3;1-2H3. The van der Waals surface area contributed by atoms with Crippen LogP contribution in [-0.4, -0.2) is 13.1 Å². The van der Waals surface area contributed by atoms with E-state index >= 15 is 0 Å². The van der Waals surface area contributed by atoms with Crippen LogP contribution >= 0.6 is 0 Å². The summed E-state index contributed by atoms with van der Waals surface area (Å²) < 4.78 is 0. The van der Waals surface area contributed by atoms with Gasteiger partial charge >= 0.3 is 0 Å². The average Bonchev–Trinajstić information content (AvgIpc) is 2.25. The molecule has 0 aromatic rings. The second-order valence-electron chi connectivity index (χ2n) is 4.38. The van der Waals surface area contributed by atoms with Crippen molar-refractivity contribution in [1.82, 2.24) is 5.32 Å². The summed E-state index contributed by atoms with van der Waals surface area (Å²) in [5.74, 6) is 1.67. The lowest BCUT2D eigenvalue weighted by molar-refractivity contribution is 0.255. The molecule has 15 heavy (non-hydrogen) atoms. The van der Waals surface area contributed by atoms with Crippen LogP contribution in [0, 0.1) is 11.8 Å². The van der Waals surface area contributed by atoms with Crippen LogP contribution in [0.2, 0.25) is 0 Å². The molecular weight excluding hydrogens is 182 g/mol. The Balaban J connectivity index is 0. The fraction of sp³-hybridized carbons (Fsp3) is 1.00. The number of hydrogen-bond donors (Lipinski definition) is 1. The van der Waals surface area contributed by atoms with Gasteiger partial charge in [-0.25, -0.2) is 0 Å². The van der Waals surface area contributed by atoms with Crippen molar-refractivity contribution in [3.8, 4) is 0 Å². The van der Waals surface area contributed by atoms with Crippen molar-refractivity contribution in [3.05, 3.63) is 0 Å². The van der Waals surface area contributed by atoms with Crippen molar-refractivity contribution >= 4 is 0 Å². The zero-order valence-electron chi connectivity index (χ0n) is 12.1. The third kappa shape index (κ3) is 7.84. The molecule has 0 aliphatic rings. The maximum Gasteiger partial charge on any atom is 0.00946 e. The minimum absolute atomic E-state index is 0.727. The van der Waals surface area contributed by atoms with E-state index in [9.17, 15) is 0 Å². The third-order valence-corrected chi connectivity index (χ3v) is 2.97. The van der Waals surface area contributed by atoms with Crippen LogP contribution in [-0.2, 0) is 0 Å². The van der Waals surface area contributed by atoms with Gasteiger partial charge in [-0.05, 0) is 31.7 Å². The van der Waals surface area contributed by atoms with Gasteiger partial charge in [-0.3, -0.25) is 0 Å². The van der Waals surface area contributed by atoms with Gasteiger partial charge in [0.1, 0.15) is 0 Å². The van der Waals surface area contributed by atoms with Gasteiger partial charge in [0, 0.05) is 6.04 Å². The molecule has 0 rings (SSSR count). The molecule has 0 saturated heterocycles. The molecule has 94 valence electrons. The van der Waals surface area contributed by atoms with Crippen LogP contribution in [0.4, 0.5) is 0 Å². The molecular formula is C14H33N. The Bertz CT molecular complexity index is 110. The van der Waals surface area contributed by atoms with Gasteiger partial charge in [0.15, 0.2) is 0 Å². The molecule has 0 spiro atoms. The van der Waals surface area contributed by atoms with E-state index in [0.29, 0.717) is 0 Å². The molecule has 2 unspecified atom stereocenters. The molecule has 0 saturated carbocycles. The van der Waals surface area contributed by atoms with Crippen molar-refractivity contribution in [1.29, 1.82) is 0 Å². The van der Waals surface area contributed by atoms with E-state index in [0.717, 1.165) is 17.9 Å². The van der Waals surface area contributed by atoms with E-state index in [4.69, 9.17) is 0 Å². The van der Waals surface area contributed by atoms with Crippen molar-refractivity contribution < 1.29 is 0 Å². The molecule has 0 aromatic carbocycles. The quantitative estimate of drug-likeness (QED) is 0.660. The van der Waals surface area contributed by atoms with Crippen molar-refractivity contribution in [3.63, 3.8) is 0 Å². The Morgan fingerprint density at radius 3 is 1.67 bits per heavy atom. The van der Waals surface area contributed by atoms with Crippen molar-refractivity contribution in [2.24, 2.45) is 11.8 Å². The third-order valence-electron chi connectivity index (χ3n) is 2.97. The minimum Gasteiger partial charge on any atom is -0.317 e. The van der Waals surface area contributed by atoms with Gasteiger partial charge in [-0.15, -0.1) is 0 Å². The van der Waals surface area contributed by atoms with E-state index < -0.39 is 0 Å². The predicted octanol–water partition coefficient (Wildman–Crippen LogP) is 4.47. The molecule has 1 N–H and O–H groups in total. The fourth-order valence-electron chi connectivity index (χ4n) is 2.22. The fourth-order valence-corrected chi connectivity index (χ4v) is 2.22. The number of nitrogens with one attached hydrogen (secondary N) is 1. The normalized spacial score (nSPS) is 14.4. The first-order chi connectivity index (χ1) is 7.17. The van der Waals surface area contributed by atoms with Gasteiger partial charge in [0.2, 0.25) is 0 Å². The molecule has 0 aromatic heterocycles. The van der Waals surface area contributed by atoms with E-state index in [-0.39, 0.29) is 0 Å². The first-order valence-electron chi connectivity index (χ1n) is 6.84. The number of hydrogen-bond acceptors (Lipinski definition) is 1. The van der Waals surface area contributed by atoms with E-state index in [2.05, 4.69) is 40.1 Å². The van der Waals surface area contributed by atoms with Gasteiger partial charge in [-0.2, -0.15) is 0 Å². The second kappa shape index (κ2) is 12.0. The summed E-state index contributed by atoms with van der Waals surface area (Å²) in [6.45, 7) is 13.3. The highest BCUT2D eigenvalue weighted by molar-refractivity contribution is 4.76. The molecule has 0 bridgehead atoms. The van der Waals surface area contributed by atoms with Crippen molar-refractivity contribution in [2.75, 3.05) is 7.05 Å². The maximum atomic E-state index is 3.47. The molecule has 1 heteroatoms. The Morgan fingerprint density at radius 1 is 0.933 bits per heavy atom.